The molecular formula is C19H17BrOS. The van der Waals surface area contributed by atoms with E-state index in [1.54, 1.807) is 7.11 Å². The third kappa shape index (κ3) is 2.83. The van der Waals surface area contributed by atoms with E-state index in [-0.39, 0.29) is 0 Å². The van der Waals surface area contributed by atoms with Crippen molar-refractivity contribution in [2.45, 2.75) is 13.8 Å². The maximum Gasteiger partial charge on any atom is 0.118 e. The summed E-state index contributed by atoms with van der Waals surface area (Å²) in [6, 6.07) is 16.8. The highest BCUT2D eigenvalue weighted by atomic mass is 79.9. The van der Waals surface area contributed by atoms with Crippen LogP contribution in [0.4, 0.5) is 0 Å². The summed E-state index contributed by atoms with van der Waals surface area (Å²) >= 11 is 5.35. The third-order valence-electron chi connectivity index (χ3n) is 3.91. The van der Waals surface area contributed by atoms with Gasteiger partial charge in [0.2, 0.25) is 0 Å². The molecule has 3 rings (SSSR count). The van der Waals surface area contributed by atoms with Crippen molar-refractivity contribution in [3.63, 3.8) is 0 Å². The van der Waals surface area contributed by atoms with E-state index in [0.717, 1.165) is 10.2 Å². The molecule has 1 nitrogen and oxygen atoms in total. The number of hydrogen-bond donors (Lipinski definition) is 0. The van der Waals surface area contributed by atoms with Crippen molar-refractivity contribution in [1.29, 1.82) is 0 Å². The van der Waals surface area contributed by atoms with Gasteiger partial charge in [0, 0.05) is 14.2 Å². The van der Waals surface area contributed by atoms with E-state index in [2.05, 4.69) is 66.2 Å². The zero-order valence-corrected chi connectivity index (χ0v) is 15.2. The first kappa shape index (κ1) is 15.3. The summed E-state index contributed by atoms with van der Waals surface area (Å²) < 4.78 is 6.35. The van der Waals surface area contributed by atoms with Crippen molar-refractivity contribution in [3.05, 3.63) is 64.1 Å². The average Bonchev–Trinajstić information content (AvgIpc) is 2.84. The Kier molecular flexibility index (Phi) is 4.37. The van der Waals surface area contributed by atoms with Gasteiger partial charge in [-0.25, -0.2) is 0 Å². The van der Waals surface area contributed by atoms with Crippen molar-refractivity contribution in [3.8, 4) is 26.6 Å². The van der Waals surface area contributed by atoms with Gasteiger partial charge in [0.1, 0.15) is 5.75 Å². The first-order valence-electron chi connectivity index (χ1n) is 7.10. The van der Waals surface area contributed by atoms with Crippen LogP contribution in [0.25, 0.3) is 20.9 Å². The maximum atomic E-state index is 5.24. The molecule has 2 aromatic carbocycles. The van der Waals surface area contributed by atoms with Gasteiger partial charge in [-0.05, 0) is 72.5 Å². The quantitative estimate of drug-likeness (QED) is 0.511. The standard InChI is InChI=1S/C19H17BrOS/c1-12-13(2)19(15-6-10-17(21-3)11-7-15)22-18(12)14-4-8-16(20)9-5-14/h4-11H,1-3H3. The first-order chi connectivity index (χ1) is 10.6. The Morgan fingerprint density at radius 3 is 1.68 bits per heavy atom. The second-order valence-electron chi connectivity index (χ2n) is 5.25. The van der Waals surface area contributed by atoms with E-state index in [1.165, 1.54) is 32.0 Å². The summed E-state index contributed by atoms with van der Waals surface area (Å²) in [5.74, 6) is 0.891. The Hall–Kier alpha value is -1.58. The number of rotatable bonds is 3. The minimum atomic E-state index is 0.891. The topological polar surface area (TPSA) is 9.23 Å². The van der Waals surface area contributed by atoms with Crippen LogP contribution in [-0.4, -0.2) is 7.11 Å². The summed E-state index contributed by atoms with van der Waals surface area (Å²) in [4.78, 5) is 2.67. The predicted octanol–water partition coefficient (Wildman–Crippen LogP) is 6.47. The molecule has 0 atom stereocenters. The number of methoxy groups -OCH3 is 1. The normalized spacial score (nSPS) is 10.7. The van der Waals surface area contributed by atoms with Crippen LogP contribution >= 0.6 is 27.3 Å². The van der Waals surface area contributed by atoms with Gasteiger partial charge in [0.05, 0.1) is 7.11 Å². The van der Waals surface area contributed by atoms with Crippen LogP contribution in [0, 0.1) is 13.8 Å². The second-order valence-corrected chi connectivity index (χ2v) is 7.18. The molecule has 0 aliphatic carbocycles. The Bertz CT molecular complexity index is 786. The van der Waals surface area contributed by atoms with Crippen LogP contribution in [0.2, 0.25) is 0 Å². The number of hydrogen-bond acceptors (Lipinski definition) is 2. The molecule has 3 aromatic rings. The fraction of sp³-hybridized carbons (Fsp3) is 0.158. The Labute approximate surface area is 143 Å². The molecule has 0 saturated heterocycles. The number of thiophene rings is 1. The molecule has 1 aromatic heterocycles. The fourth-order valence-electron chi connectivity index (χ4n) is 2.49. The summed E-state index contributed by atoms with van der Waals surface area (Å²) in [5, 5.41) is 0. The van der Waals surface area contributed by atoms with Gasteiger partial charge in [-0.3, -0.25) is 0 Å². The fourth-order valence-corrected chi connectivity index (χ4v) is 4.08. The minimum Gasteiger partial charge on any atom is -0.497 e. The lowest BCUT2D eigenvalue weighted by Crippen LogP contribution is -1.83. The van der Waals surface area contributed by atoms with Gasteiger partial charge in [-0.1, -0.05) is 28.1 Å². The van der Waals surface area contributed by atoms with Crippen LogP contribution in [0.3, 0.4) is 0 Å². The summed E-state index contributed by atoms with van der Waals surface area (Å²) in [6.07, 6.45) is 0. The van der Waals surface area contributed by atoms with E-state index in [4.69, 9.17) is 4.74 Å². The lowest BCUT2D eigenvalue weighted by molar-refractivity contribution is 0.415. The molecule has 3 heteroatoms. The molecule has 112 valence electrons. The largest absolute Gasteiger partial charge is 0.497 e. The molecule has 0 aliphatic rings. The highest BCUT2D eigenvalue weighted by Crippen LogP contribution is 2.41. The van der Waals surface area contributed by atoms with E-state index >= 15 is 0 Å². The lowest BCUT2D eigenvalue weighted by Gasteiger charge is -2.02. The minimum absolute atomic E-state index is 0.891. The zero-order valence-electron chi connectivity index (χ0n) is 12.8. The zero-order chi connectivity index (χ0) is 15.7. The Balaban J connectivity index is 2.06. The average molecular weight is 373 g/mol. The Morgan fingerprint density at radius 1 is 0.773 bits per heavy atom. The van der Waals surface area contributed by atoms with Crippen LogP contribution in [-0.2, 0) is 0 Å². The first-order valence-corrected chi connectivity index (χ1v) is 8.71. The smallest absolute Gasteiger partial charge is 0.118 e. The molecular weight excluding hydrogens is 356 g/mol. The number of halogens is 1. The van der Waals surface area contributed by atoms with Gasteiger partial charge in [0.15, 0.2) is 0 Å². The van der Waals surface area contributed by atoms with Gasteiger partial charge >= 0.3 is 0 Å². The van der Waals surface area contributed by atoms with E-state index in [1.807, 2.05) is 23.5 Å². The molecule has 0 saturated carbocycles. The number of benzene rings is 2. The molecule has 0 bridgehead atoms. The monoisotopic (exact) mass is 372 g/mol. The van der Waals surface area contributed by atoms with Gasteiger partial charge < -0.3 is 4.74 Å². The molecule has 1 heterocycles. The van der Waals surface area contributed by atoms with E-state index < -0.39 is 0 Å². The molecule has 0 aliphatic heterocycles. The van der Waals surface area contributed by atoms with Crippen molar-refractivity contribution < 1.29 is 4.74 Å². The van der Waals surface area contributed by atoms with Crippen LogP contribution in [0.5, 0.6) is 5.75 Å². The Morgan fingerprint density at radius 2 is 1.23 bits per heavy atom. The summed E-state index contributed by atoms with van der Waals surface area (Å²) in [6.45, 7) is 4.41. The summed E-state index contributed by atoms with van der Waals surface area (Å²) in [5.41, 5.74) is 5.23. The van der Waals surface area contributed by atoms with Crippen molar-refractivity contribution in [1.82, 2.24) is 0 Å². The van der Waals surface area contributed by atoms with Gasteiger partial charge in [0.25, 0.3) is 0 Å². The number of ether oxygens (including phenoxy) is 1. The molecule has 0 unspecified atom stereocenters. The molecule has 22 heavy (non-hydrogen) atoms. The van der Waals surface area contributed by atoms with E-state index in [0.29, 0.717) is 0 Å². The van der Waals surface area contributed by atoms with Crippen molar-refractivity contribution in [2.75, 3.05) is 7.11 Å². The molecule has 0 amide bonds. The van der Waals surface area contributed by atoms with E-state index in [9.17, 15) is 0 Å². The highest BCUT2D eigenvalue weighted by Gasteiger charge is 2.14. The van der Waals surface area contributed by atoms with Gasteiger partial charge in [-0.2, -0.15) is 0 Å². The van der Waals surface area contributed by atoms with Crippen LogP contribution in [0.15, 0.2) is 53.0 Å². The highest BCUT2D eigenvalue weighted by molar-refractivity contribution is 9.10. The molecule has 0 radical (unpaired) electrons. The molecule has 0 spiro atoms. The lowest BCUT2D eigenvalue weighted by atomic mass is 10.0. The van der Waals surface area contributed by atoms with Gasteiger partial charge in [-0.15, -0.1) is 11.3 Å². The van der Waals surface area contributed by atoms with Crippen LogP contribution < -0.4 is 4.74 Å². The SMILES string of the molecule is COc1ccc(-c2sc(-c3ccc(Br)cc3)c(C)c2C)cc1. The maximum absolute atomic E-state index is 5.24. The van der Waals surface area contributed by atoms with Crippen LogP contribution in [0.1, 0.15) is 11.1 Å². The molecule has 0 N–H and O–H groups in total. The predicted molar refractivity (Wildman–Crippen MR) is 98.9 cm³/mol. The molecule has 0 fully saturated rings. The second kappa shape index (κ2) is 6.27. The van der Waals surface area contributed by atoms with Crippen molar-refractivity contribution in [2.24, 2.45) is 0 Å². The third-order valence-corrected chi connectivity index (χ3v) is 5.93. The van der Waals surface area contributed by atoms with Crippen molar-refractivity contribution >= 4 is 27.3 Å². The summed E-state index contributed by atoms with van der Waals surface area (Å²) in [7, 11) is 1.70.